The number of aromatic nitrogens is 1. The number of nitrogens with zero attached hydrogens (tertiary/aromatic N) is 2. The van der Waals surface area contributed by atoms with Crippen molar-refractivity contribution in [3.05, 3.63) is 99.7 Å². The number of methoxy groups -OCH3 is 1. The summed E-state index contributed by atoms with van der Waals surface area (Å²) < 4.78 is 24.1. The number of hydrogen-bond donors (Lipinski definition) is 1. The van der Waals surface area contributed by atoms with Crippen LogP contribution in [0.15, 0.2) is 80.7 Å². The summed E-state index contributed by atoms with van der Waals surface area (Å²) in [4.78, 5) is 23.6. The monoisotopic (exact) mass is 579 g/mol. The highest BCUT2D eigenvalue weighted by atomic mass is 79.9. The number of rotatable bonds is 10. The van der Waals surface area contributed by atoms with Gasteiger partial charge in [0.15, 0.2) is 12.4 Å². The van der Waals surface area contributed by atoms with Gasteiger partial charge in [0, 0.05) is 17.1 Å². The molecule has 0 spiro atoms. The average molecular weight is 580 g/mol. The molecule has 38 heavy (non-hydrogen) atoms. The van der Waals surface area contributed by atoms with Gasteiger partial charge in [-0.05, 0) is 102 Å². The summed E-state index contributed by atoms with van der Waals surface area (Å²) >= 11 is 3.38. The van der Waals surface area contributed by atoms with E-state index in [0.29, 0.717) is 27.3 Å². The lowest BCUT2D eigenvalue weighted by Gasteiger charge is -2.10. The van der Waals surface area contributed by atoms with Gasteiger partial charge in [0.05, 0.1) is 17.8 Å². The van der Waals surface area contributed by atoms with E-state index in [4.69, 9.17) is 13.9 Å². The Morgan fingerprint density at radius 1 is 1.00 bits per heavy atom. The first kappa shape index (κ1) is 26.7. The highest BCUT2D eigenvalue weighted by Crippen LogP contribution is 2.25. The van der Waals surface area contributed by atoms with Crippen molar-refractivity contribution in [3.8, 4) is 17.2 Å². The molecule has 0 unspecified atom stereocenters. The van der Waals surface area contributed by atoms with Gasteiger partial charge in [0.25, 0.3) is 0 Å². The lowest BCUT2D eigenvalue weighted by molar-refractivity contribution is -0.142. The third-order valence-corrected chi connectivity index (χ3v) is 6.16. The number of furan rings is 1. The predicted molar refractivity (Wildman–Crippen MR) is 145 cm³/mol. The molecule has 0 bridgehead atoms. The number of hydrazone groups is 1. The Bertz CT molecular complexity index is 1440. The van der Waals surface area contributed by atoms with E-state index in [1.54, 1.807) is 30.3 Å². The summed E-state index contributed by atoms with van der Waals surface area (Å²) in [6.45, 7) is 4.11. The van der Waals surface area contributed by atoms with Crippen LogP contribution < -0.4 is 14.9 Å². The summed E-state index contributed by atoms with van der Waals surface area (Å²) in [7, 11) is 1.29. The minimum Gasteiger partial charge on any atom is -0.486 e. The Balaban J connectivity index is 1.27. The zero-order chi connectivity index (χ0) is 27.1. The SMILES string of the molecule is COC(=O)COc1ccc(/C=N/NC(=O)c2ccc(COc3ccc(-n4c(C)ccc4C)cc3)o2)cc1Br. The van der Waals surface area contributed by atoms with Crippen LogP contribution in [0, 0.1) is 13.8 Å². The maximum atomic E-state index is 12.4. The molecule has 0 radical (unpaired) electrons. The molecule has 0 atom stereocenters. The van der Waals surface area contributed by atoms with Crippen molar-refractivity contribution in [2.24, 2.45) is 5.10 Å². The molecule has 4 aromatic rings. The van der Waals surface area contributed by atoms with Crippen molar-refractivity contribution in [1.82, 2.24) is 9.99 Å². The standard InChI is InChI=1S/C28H26BrN3O6/c1-18-4-5-19(2)32(18)21-7-9-22(10-8-21)36-16-23-11-13-26(38-23)28(34)31-30-15-20-6-12-25(24(29)14-20)37-17-27(33)35-3/h4-15H,16-17H2,1-3H3,(H,31,34)/b30-15+. The third kappa shape index (κ3) is 6.71. The Labute approximate surface area is 228 Å². The zero-order valence-corrected chi connectivity index (χ0v) is 22.7. The molecule has 2 aromatic heterocycles. The highest BCUT2D eigenvalue weighted by molar-refractivity contribution is 9.10. The third-order valence-electron chi connectivity index (χ3n) is 5.54. The number of hydrogen-bond acceptors (Lipinski definition) is 7. The molecule has 0 aliphatic rings. The fraction of sp³-hybridized carbons (Fsp3) is 0.179. The van der Waals surface area contributed by atoms with Crippen LogP contribution in [0.3, 0.4) is 0 Å². The zero-order valence-electron chi connectivity index (χ0n) is 21.1. The second kappa shape index (κ2) is 12.3. The molecule has 10 heteroatoms. The van der Waals surface area contributed by atoms with Gasteiger partial charge in [-0.3, -0.25) is 4.79 Å². The molecule has 9 nitrogen and oxygen atoms in total. The molecular formula is C28H26BrN3O6. The molecule has 2 heterocycles. The van der Waals surface area contributed by atoms with Gasteiger partial charge in [-0.1, -0.05) is 0 Å². The Hall–Kier alpha value is -4.31. The van der Waals surface area contributed by atoms with Crippen molar-refractivity contribution >= 4 is 34.0 Å². The lowest BCUT2D eigenvalue weighted by atomic mass is 10.2. The number of carbonyl (C=O) groups is 2. The fourth-order valence-corrected chi connectivity index (χ4v) is 4.14. The van der Waals surface area contributed by atoms with Gasteiger partial charge in [-0.15, -0.1) is 0 Å². The van der Waals surface area contributed by atoms with Crippen LogP contribution >= 0.6 is 15.9 Å². The summed E-state index contributed by atoms with van der Waals surface area (Å²) in [5, 5.41) is 3.97. The maximum Gasteiger partial charge on any atom is 0.343 e. The number of aryl methyl sites for hydroxylation is 2. The molecule has 0 saturated heterocycles. The molecule has 196 valence electrons. The summed E-state index contributed by atoms with van der Waals surface area (Å²) in [5.74, 6) is 0.811. The van der Waals surface area contributed by atoms with E-state index in [1.807, 2.05) is 24.3 Å². The molecule has 4 rings (SSSR count). The first-order chi connectivity index (χ1) is 18.3. The Morgan fingerprint density at radius 3 is 2.42 bits per heavy atom. The van der Waals surface area contributed by atoms with Crippen LogP contribution in [0.1, 0.15) is 33.3 Å². The van der Waals surface area contributed by atoms with Crippen molar-refractivity contribution in [2.75, 3.05) is 13.7 Å². The lowest BCUT2D eigenvalue weighted by Crippen LogP contribution is -2.16. The number of benzene rings is 2. The van der Waals surface area contributed by atoms with E-state index in [2.05, 4.69) is 61.7 Å². The number of halogens is 1. The van der Waals surface area contributed by atoms with Gasteiger partial charge in [-0.2, -0.15) is 5.10 Å². The smallest absolute Gasteiger partial charge is 0.343 e. The minimum absolute atomic E-state index is 0.113. The van der Waals surface area contributed by atoms with Gasteiger partial charge >= 0.3 is 11.9 Å². The van der Waals surface area contributed by atoms with Gasteiger partial charge in [0.1, 0.15) is 23.9 Å². The predicted octanol–water partition coefficient (Wildman–Crippen LogP) is 5.34. The number of nitrogens with one attached hydrogen (secondary N) is 1. The van der Waals surface area contributed by atoms with E-state index in [-0.39, 0.29) is 19.0 Å². The fourth-order valence-electron chi connectivity index (χ4n) is 3.63. The second-order valence-corrected chi connectivity index (χ2v) is 9.11. The van der Waals surface area contributed by atoms with E-state index in [1.165, 1.54) is 13.3 Å². The minimum atomic E-state index is -0.494. The van der Waals surface area contributed by atoms with Crippen LogP contribution in [0.25, 0.3) is 5.69 Å². The molecule has 1 N–H and O–H groups in total. The molecular weight excluding hydrogens is 554 g/mol. The largest absolute Gasteiger partial charge is 0.486 e. The van der Waals surface area contributed by atoms with Gasteiger partial charge in [0.2, 0.25) is 0 Å². The van der Waals surface area contributed by atoms with Crippen LogP contribution in [0.4, 0.5) is 0 Å². The molecule has 0 fully saturated rings. The van der Waals surface area contributed by atoms with Crippen molar-refractivity contribution < 1.29 is 28.2 Å². The molecule has 0 aliphatic heterocycles. The van der Waals surface area contributed by atoms with Crippen molar-refractivity contribution in [1.29, 1.82) is 0 Å². The maximum absolute atomic E-state index is 12.4. The van der Waals surface area contributed by atoms with E-state index in [9.17, 15) is 9.59 Å². The second-order valence-electron chi connectivity index (χ2n) is 8.25. The van der Waals surface area contributed by atoms with E-state index in [0.717, 1.165) is 17.1 Å². The topological polar surface area (TPSA) is 104 Å². The van der Waals surface area contributed by atoms with Crippen molar-refractivity contribution in [2.45, 2.75) is 20.5 Å². The van der Waals surface area contributed by atoms with Gasteiger partial charge < -0.3 is 23.2 Å². The number of amides is 1. The van der Waals surface area contributed by atoms with Crippen LogP contribution in [0.5, 0.6) is 11.5 Å². The van der Waals surface area contributed by atoms with E-state index >= 15 is 0 Å². The molecule has 1 amide bonds. The Kier molecular flexibility index (Phi) is 8.65. The number of ether oxygens (including phenoxy) is 3. The Morgan fingerprint density at radius 2 is 1.74 bits per heavy atom. The first-order valence-corrected chi connectivity index (χ1v) is 12.4. The molecule has 0 aliphatic carbocycles. The average Bonchev–Trinajstić information content (AvgIpc) is 3.53. The normalized spacial score (nSPS) is 10.9. The number of carbonyl (C=O) groups excluding carboxylic acids is 2. The molecule has 0 saturated carbocycles. The van der Waals surface area contributed by atoms with Gasteiger partial charge in [-0.25, -0.2) is 10.2 Å². The van der Waals surface area contributed by atoms with Crippen molar-refractivity contribution in [3.63, 3.8) is 0 Å². The van der Waals surface area contributed by atoms with Crippen LogP contribution in [-0.2, 0) is 16.1 Å². The quantitative estimate of drug-likeness (QED) is 0.154. The first-order valence-electron chi connectivity index (χ1n) is 11.6. The summed E-state index contributed by atoms with van der Waals surface area (Å²) in [5.41, 5.74) is 6.51. The van der Waals surface area contributed by atoms with Crippen LogP contribution in [0.2, 0.25) is 0 Å². The van der Waals surface area contributed by atoms with E-state index < -0.39 is 11.9 Å². The highest BCUT2D eigenvalue weighted by Gasteiger charge is 2.12. The number of esters is 1. The summed E-state index contributed by atoms with van der Waals surface area (Å²) in [6.07, 6.45) is 1.47. The molecule has 2 aromatic carbocycles. The summed E-state index contributed by atoms with van der Waals surface area (Å²) in [6, 6.07) is 20.3. The van der Waals surface area contributed by atoms with Crippen LogP contribution in [-0.4, -0.2) is 36.4 Å².